The molecule has 0 spiro atoms. The Balaban J connectivity index is 2.20. The highest BCUT2D eigenvalue weighted by molar-refractivity contribution is 5.47. The van der Waals surface area contributed by atoms with Gasteiger partial charge < -0.3 is 14.8 Å². The fourth-order valence-electron chi connectivity index (χ4n) is 2.74. The Hall–Kier alpha value is -1.22. The van der Waals surface area contributed by atoms with Crippen molar-refractivity contribution in [3.8, 4) is 11.5 Å². The predicted molar refractivity (Wildman–Crippen MR) is 73.6 cm³/mol. The van der Waals surface area contributed by atoms with E-state index < -0.39 is 0 Å². The van der Waals surface area contributed by atoms with Gasteiger partial charge in [0.15, 0.2) is 0 Å². The van der Waals surface area contributed by atoms with Gasteiger partial charge in [0.25, 0.3) is 0 Å². The van der Waals surface area contributed by atoms with Crippen LogP contribution in [0.3, 0.4) is 0 Å². The molecule has 1 aromatic rings. The van der Waals surface area contributed by atoms with Gasteiger partial charge in [-0.05, 0) is 56.0 Å². The minimum absolute atomic E-state index is 0.569. The summed E-state index contributed by atoms with van der Waals surface area (Å²) in [6, 6.07) is 4.69. The third kappa shape index (κ3) is 2.96. The molecule has 0 saturated carbocycles. The van der Waals surface area contributed by atoms with Crippen LogP contribution in [0, 0.1) is 6.92 Å². The average Bonchev–Trinajstić information content (AvgIpc) is 2.39. The van der Waals surface area contributed by atoms with Crippen LogP contribution in [0.25, 0.3) is 0 Å². The number of nitrogens with one attached hydrogen (secondary N) is 1. The molecule has 1 heterocycles. The first-order chi connectivity index (χ1) is 8.74. The number of piperidine rings is 1. The summed E-state index contributed by atoms with van der Waals surface area (Å²) >= 11 is 0. The van der Waals surface area contributed by atoms with Gasteiger partial charge in [0, 0.05) is 6.04 Å². The second-order valence-corrected chi connectivity index (χ2v) is 4.99. The van der Waals surface area contributed by atoms with Crippen molar-refractivity contribution in [3.05, 3.63) is 23.3 Å². The minimum Gasteiger partial charge on any atom is -0.497 e. The van der Waals surface area contributed by atoms with Crippen LogP contribution in [0.15, 0.2) is 12.1 Å². The van der Waals surface area contributed by atoms with Crippen molar-refractivity contribution in [2.75, 3.05) is 20.8 Å². The Kier molecular flexibility index (Phi) is 4.48. The minimum atomic E-state index is 0.569. The van der Waals surface area contributed by atoms with Gasteiger partial charge in [0.1, 0.15) is 11.5 Å². The van der Waals surface area contributed by atoms with Crippen molar-refractivity contribution >= 4 is 0 Å². The molecule has 1 unspecified atom stereocenters. The van der Waals surface area contributed by atoms with Crippen molar-refractivity contribution < 1.29 is 9.47 Å². The van der Waals surface area contributed by atoms with E-state index in [-0.39, 0.29) is 0 Å². The van der Waals surface area contributed by atoms with Crippen LogP contribution in [0.4, 0.5) is 0 Å². The topological polar surface area (TPSA) is 30.5 Å². The van der Waals surface area contributed by atoms with Crippen molar-refractivity contribution in [3.63, 3.8) is 0 Å². The van der Waals surface area contributed by atoms with Crippen LogP contribution < -0.4 is 14.8 Å². The smallest absolute Gasteiger partial charge is 0.125 e. The Morgan fingerprint density at radius 2 is 2.06 bits per heavy atom. The summed E-state index contributed by atoms with van der Waals surface area (Å²) in [4.78, 5) is 0. The maximum Gasteiger partial charge on any atom is 0.125 e. The maximum absolute atomic E-state index is 5.53. The molecule has 1 N–H and O–H groups in total. The van der Waals surface area contributed by atoms with Gasteiger partial charge in [-0.1, -0.05) is 6.42 Å². The second kappa shape index (κ2) is 6.10. The number of hydrogen-bond donors (Lipinski definition) is 1. The molecule has 18 heavy (non-hydrogen) atoms. The van der Waals surface area contributed by atoms with E-state index in [0.29, 0.717) is 6.04 Å². The SMILES string of the molecule is COc1cc(C)c(OC)c(CC2CCCCN2)c1. The van der Waals surface area contributed by atoms with Gasteiger partial charge >= 0.3 is 0 Å². The number of hydrogen-bond acceptors (Lipinski definition) is 3. The number of ether oxygens (including phenoxy) is 2. The summed E-state index contributed by atoms with van der Waals surface area (Å²) in [5, 5.41) is 3.58. The molecule has 0 aliphatic carbocycles. The van der Waals surface area contributed by atoms with Crippen molar-refractivity contribution in [1.29, 1.82) is 0 Å². The van der Waals surface area contributed by atoms with Crippen LogP contribution in [-0.4, -0.2) is 26.8 Å². The van der Waals surface area contributed by atoms with Gasteiger partial charge in [0.2, 0.25) is 0 Å². The van der Waals surface area contributed by atoms with Gasteiger partial charge in [-0.3, -0.25) is 0 Å². The standard InChI is InChI=1S/C15H23NO2/c1-11-8-14(17-2)10-12(15(11)18-3)9-13-6-4-5-7-16-13/h8,10,13,16H,4-7,9H2,1-3H3. The summed E-state index contributed by atoms with van der Waals surface area (Å²) in [5.41, 5.74) is 2.39. The zero-order valence-electron chi connectivity index (χ0n) is 11.6. The van der Waals surface area contributed by atoms with E-state index in [1.165, 1.54) is 24.8 Å². The first-order valence-electron chi connectivity index (χ1n) is 6.69. The molecule has 1 aliphatic heterocycles. The van der Waals surface area contributed by atoms with Crippen LogP contribution in [0.1, 0.15) is 30.4 Å². The highest BCUT2D eigenvalue weighted by Gasteiger charge is 2.17. The van der Waals surface area contributed by atoms with Gasteiger partial charge in [-0.2, -0.15) is 0 Å². The second-order valence-electron chi connectivity index (χ2n) is 4.99. The van der Waals surface area contributed by atoms with Crippen molar-refractivity contribution in [2.45, 2.75) is 38.6 Å². The number of benzene rings is 1. The molecule has 3 nitrogen and oxygen atoms in total. The molecule has 0 aromatic heterocycles. The summed E-state index contributed by atoms with van der Waals surface area (Å²) < 4.78 is 10.9. The van der Waals surface area contributed by atoms with Gasteiger partial charge in [-0.25, -0.2) is 0 Å². The Morgan fingerprint density at radius 3 is 2.67 bits per heavy atom. The molecule has 0 radical (unpaired) electrons. The average molecular weight is 249 g/mol. The molecule has 1 aliphatic rings. The lowest BCUT2D eigenvalue weighted by molar-refractivity contribution is 0.375. The molecule has 1 aromatic carbocycles. The van der Waals surface area contributed by atoms with Gasteiger partial charge in [-0.15, -0.1) is 0 Å². The lowest BCUT2D eigenvalue weighted by Crippen LogP contribution is -2.35. The molecule has 2 rings (SSSR count). The fraction of sp³-hybridized carbons (Fsp3) is 0.600. The molecule has 1 atom stereocenters. The summed E-state index contributed by atoms with van der Waals surface area (Å²) in [7, 11) is 3.45. The van der Waals surface area contributed by atoms with E-state index in [1.807, 2.05) is 6.07 Å². The van der Waals surface area contributed by atoms with E-state index in [9.17, 15) is 0 Å². The fourth-order valence-corrected chi connectivity index (χ4v) is 2.74. The molecular weight excluding hydrogens is 226 g/mol. The normalized spacial score (nSPS) is 19.6. The zero-order valence-corrected chi connectivity index (χ0v) is 11.6. The lowest BCUT2D eigenvalue weighted by Gasteiger charge is -2.24. The van der Waals surface area contributed by atoms with E-state index >= 15 is 0 Å². The van der Waals surface area contributed by atoms with Crippen LogP contribution in [0.5, 0.6) is 11.5 Å². The maximum atomic E-state index is 5.53. The Morgan fingerprint density at radius 1 is 1.22 bits per heavy atom. The predicted octanol–water partition coefficient (Wildman–Crippen LogP) is 2.70. The lowest BCUT2D eigenvalue weighted by atomic mass is 9.96. The molecule has 1 saturated heterocycles. The van der Waals surface area contributed by atoms with Crippen molar-refractivity contribution in [2.24, 2.45) is 0 Å². The quantitative estimate of drug-likeness (QED) is 0.890. The first kappa shape index (κ1) is 13.2. The van der Waals surface area contributed by atoms with E-state index in [1.54, 1.807) is 14.2 Å². The zero-order chi connectivity index (χ0) is 13.0. The van der Waals surface area contributed by atoms with Crippen LogP contribution in [-0.2, 0) is 6.42 Å². The monoisotopic (exact) mass is 249 g/mol. The van der Waals surface area contributed by atoms with E-state index in [2.05, 4.69) is 18.3 Å². The molecule has 100 valence electrons. The van der Waals surface area contributed by atoms with E-state index in [0.717, 1.165) is 30.0 Å². The summed E-state index contributed by atoms with van der Waals surface area (Å²) in [6.45, 7) is 3.20. The summed E-state index contributed by atoms with van der Waals surface area (Å²) in [6.07, 6.45) is 4.88. The molecule has 0 amide bonds. The van der Waals surface area contributed by atoms with Crippen molar-refractivity contribution in [1.82, 2.24) is 5.32 Å². The largest absolute Gasteiger partial charge is 0.497 e. The van der Waals surface area contributed by atoms with Crippen LogP contribution >= 0.6 is 0 Å². The molecule has 0 bridgehead atoms. The number of aryl methyl sites for hydroxylation is 1. The summed E-state index contributed by atoms with van der Waals surface area (Å²) in [5.74, 6) is 1.92. The number of rotatable bonds is 4. The highest BCUT2D eigenvalue weighted by Crippen LogP contribution is 2.30. The third-order valence-corrected chi connectivity index (χ3v) is 3.64. The Labute approximate surface area is 109 Å². The van der Waals surface area contributed by atoms with Crippen LogP contribution in [0.2, 0.25) is 0 Å². The van der Waals surface area contributed by atoms with E-state index in [4.69, 9.17) is 9.47 Å². The molecular formula is C15H23NO2. The molecule has 1 fully saturated rings. The highest BCUT2D eigenvalue weighted by atomic mass is 16.5. The third-order valence-electron chi connectivity index (χ3n) is 3.64. The number of methoxy groups -OCH3 is 2. The Bertz CT molecular complexity index is 398. The van der Waals surface area contributed by atoms with Gasteiger partial charge in [0.05, 0.1) is 14.2 Å². The first-order valence-corrected chi connectivity index (χ1v) is 6.69. The molecule has 3 heteroatoms.